The van der Waals surface area contributed by atoms with Crippen LogP contribution in [-0.4, -0.2) is 37.7 Å². The number of nitrogens with zero attached hydrogens (tertiary/aromatic N) is 1. The van der Waals surface area contributed by atoms with Crippen molar-refractivity contribution in [2.75, 3.05) is 31.7 Å². The predicted octanol–water partition coefficient (Wildman–Crippen LogP) is 3.08. The number of nitro groups is 1. The summed E-state index contributed by atoms with van der Waals surface area (Å²) in [5.74, 6) is 0.181. The lowest BCUT2D eigenvalue weighted by Gasteiger charge is -2.10. The molecule has 0 fully saturated rings. The number of benzene rings is 1. The number of halogens is 2. The third kappa shape index (κ3) is 6.35. The lowest BCUT2D eigenvalue weighted by Crippen LogP contribution is -2.13. The molecule has 0 saturated carbocycles. The van der Waals surface area contributed by atoms with Gasteiger partial charge in [0.25, 0.3) is 6.43 Å². The summed E-state index contributed by atoms with van der Waals surface area (Å²) in [4.78, 5) is 10.4. The smallest absolute Gasteiger partial charge is 0.311 e. The van der Waals surface area contributed by atoms with E-state index in [-0.39, 0.29) is 18.0 Å². The predicted molar refractivity (Wildman–Crippen MR) is 74.2 cm³/mol. The number of nitro benzene ring substituents is 1. The molecular formula is C13H18F2N2O4. The van der Waals surface area contributed by atoms with Crippen LogP contribution in [0.5, 0.6) is 5.75 Å². The summed E-state index contributed by atoms with van der Waals surface area (Å²) in [7, 11) is 0. The number of ether oxygens (including phenoxy) is 2. The summed E-state index contributed by atoms with van der Waals surface area (Å²) in [5, 5.41) is 13.8. The van der Waals surface area contributed by atoms with Crippen LogP contribution in [-0.2, 0) is 4.74 Å². The standard InChI is InChI=1S/C13H18F2N2O4/c1-2-6-21-12-8-10(3-4-11(12)17(18)19)16-5-7-20-9-13(14)15/h3-4,8,13,16H,2,5-7,9H2,1H3. The zero-order valence-corrected chi connectivity index (χ0v) is 11.7. The van der Waals surface area contributed by atoms with E-state index < -0.39 is 18.0 Å². The Balaban J connectivity index is 2.56. The van der Waals surface area contributed by atoms with Crippen molar-refractivity contribution in [2.45, 2.75) is 19.8 Å². The second-order valence-electron chi connectivity index (χ2n) is 4.18. The molecule has 0 saturated heterocycles. The van der Waals surface area contributed by atoms with Gasteiger partial charge >= 0.3 is 5.69 Å². The van der Waals surface area contributed by atoms with Gasteiger partial charge < -0.3 is 14.8 Å². The van der Waals surface area contributed by atoms with E-state index in [4.69, 9.17) is 9.47 Å². The van der Waals surface area contributed by atoms with E-state index >= 15 is 0 Å². The molecule has 6 nitrogen and oxygen atoms in total. The molecule has 0 amide bonds. The number of anilines is 1. The van der Waals surface area contributed by atoms with Crippen molar-refractivity contribution < 1.29 is 23.2 Å². The summed E-state index contributed by atoms with van der Waals surface area (Å²) < 4.78 is 33.8. The minimum Gasteiger partial charge on any atom is -0.487 e. The van der Waals surface area contributed by atoms with Crippen molar-refractivity contribution in [3.63, 3.8) is 0 Å². The maximum absolute atomic E-state index is 11.9. The monoisotopic (exact) mass is 304 g/mol. The van der Waals surface area contributed by atoms with Crippen molar-refractivity contribution in [1.82, 2.24) is 0 Å². The number of rotatable bonds is 10. The topological polar surface area (TPSA) is 73.6 Å². The molecule has 8 heteroatoms. The number of hydrogen-bond acceptors (Lipinski definition) is 5. The minimum absolute atomic E-state index is 0.108. The molecule has 1 aromatic rings. The van der Waals surface area contributed by atoms with E-state index in [2.05, 4.69) is 5.32 Å². The van der Waals surface area contributed by atoms with Gasteiger partial charge in [-0.1, -0.05) is 6.92 Å². The van der Waals surface area contributed by atoms with Gasteiger partial charge in [-0.25, -0.2) is 8.78 Å². The number of hydrogen-bond donors (Lipinski definition) is 1. The average molecular weight is 304 g/mol. The first-order valence-corrected chi connectivity index (χ1v) is 6.55. The SMILES string of the molecule is CCCOc1cc(NCCOCC(F)F)ccc1[N+](=O)[O-]. The molecule has 0 radical (unpaired) electrons. The Morgan fingerprint density at radius 2 is 2.14 bits per heavy atom. The molecule has 0 spiro atoms. The molecule has 0 bridgehead atoms. The van der Waals surface area contributed by atoms with Crippen molar-refractivity contribution in [1.29, 1.82) is 0 Å². The molecule has 21 heavy (non-hydrogen) atoms. The highest BCUT2D eigenvalue weighted by molar-refractivity contribution is 5.57. The average Bonchev–Trinajstić information content (AvgIpc) is 2.44. The van der Waals surface area contributed by atoms with Crippen molar-refractivity contribution in [3.05, 3.63) is 28.3 Å². The second kappa shape index (κ2) is 9.06. The molecule has 1 rings (SSSR count). The second-order valence-corrected chi connectivity index (χ2v) is 4.18. The largest absolute Gasteiger partial charge is 0.487 e. The number of nitrogens with one attached hydrogen (secondary N) is 1. The van der Waals surface area contributed by atoms with Gasteiger partial charge in [0.05, 0.1) is 18.1 Å². The number of alkyl halides is 2. The van der Waals surface area contributed by atoms with Gasteiger partial charge in [0.15, 0.2) is 5.75 Å². The summed E-state index contributed by atoms with van der Waals surface area (Å²) in [5.41, 5.74) is 0.496. The fourth-order valence-corrected chi connectivity index (χ4v) is 1.54. The molecule has 118 valence electrons. The van der Waals surface area contributed by atoms with Gasteiger partial charge in [-0.15, -0.1) is 0 Å². The summed E-state index contributed by atoms with van der Waals surface area (Å²) >= 11 is 0. The van der Waals surface area contributed by atoms with Gasteiger partial charge in [0, 0.05) is 24.4 Å². The highest BCUT2D eigenvalue weighted by atomic mass is 19.3. The molecule has 0 aliphatic carbocycles. The highest BCUT2D eigenvalue weighted by Gasteiger charge is 2.15. The van der Waals surface area contributed by atoms with E-state index in [0.29, 0.717) is 18.8 Å². The Hall–Kier alpha value is -1.96. The van der Waals surface area contributed by atoms with Crippen LogP contribution in [0.1, 0.15) is 13.3 Å². The van der Waals surface area contributed by atoms with Crippen LogP contribution >= 0.6 is 0 Å². The molecular weight excluding hydrogens is 286 g/mol. The van der Waals surface area contributed by atoms with Crippen LogP contribution in [0, 0.1) is 10.1 Å². The van der Waals surface area contributed by atoms with Crippen LogP contribution in [0.4, 0.5) is 20.2 Å². The lowest BCUT2D eigenvalue weighted by molar-refractivity contribution is -0.385. The van der Waals surface area contributed by atoms with Gasteiger partial charge in [-0.3, -0.25) is 10.1 Å². The summed E-state index contributed by atoms with van der Waals surface area (Å²) in [6, 6.07) is 4.39. The molecule has 0 atom stereocenters. The lowest BCUT2D eigenvalue weighted by atomic mass is 10.2. The van der Waals surface area contributed by atoms with E-state index in [1.54, 1.807) is 0 Å². The Morgan fingerprint density at radius 1 is 1.38 bits per heavy atom. The van der Waals surface area contributed by atoms with Crippen LogP contribution in [0.3, 0.4) is 0 Å². The van der Waals surface area contributed by atoms with Crippen LogP contribution in [0.25, 0.3) is 0 Å². The normalized spacial score (nSPS) is 10.7. The quantitative estimate of drug-likeness (QED) is 0.408. The maximum atomic E-state index is 11.9. The fraction of sp³-hybridized carbons (Fsp3) is 0.538. The molecule has 0 unspecified atom stereocenters. The molecule has 0 heterocycles. The first-order valence-electron chi connectivity index (χ1n) is 6.55. The Labute approximate surface area is 121 Å². The Kier molecular flexibility index (Phi) is 7.38. The van der Waals surface area contributed by atoms with Crippen LogP contribution in [0.2, 0.25) is 0 Å². The molecule has 0 aliphatic rings. The van der Waals surface area contributed by atoms with Gasteiger partial charge in [-0.05, 0) is 12.5 Å². The van der Waals surface area contributed by atoms with Crippen molar-refractivity contribution >= 4 is 11.4 Å². The molecule has 1 aromatic carbocycles. The molecule has 1 N–H and O–H groups in total. The Bertz CT molecular complexity index is 458. The minimum atomic E-state index is -2.49. The van der Waals surface area contributed by atoms with Crippen molar-refractivity contribution in [3.8, 4) is 5.75 Å². The highest BCUT2D eigenvalue weighted by Crippen LogP contribution is 2.30. The summed E-state index contributed by atoms with van der Waals surface area (Å²) in [6.45, 7) is 2.10. The fourth-order valence-electron chi connectivity index (χ4n) is 1.54. The van der Waals surface area contributed by atoms with E-state index in [1.807, 2.05) is 6.92 Å². The maximum Gasteiger partial charge on any atom is 0.311 e. The van der Waals surface area contributed by atoms with Crippen LogP contribution in [0.15, 0.2) is 18.2 Å². The van der Waals surface area contributed by atoms with Gasteiger partial charge in [-0.2, -0.15) is 0 Å². The van der Waals surface area contributed by atoms with Gasteiger partial charge in [0.2, 0.25) is 0 Å². The third-order valence-electron chi connectivity index (χ3n) is 2.44. The van der Waals surface area contributed by atoms with E-state index in [0.717, 1.165) is 6.42 Å². The molecule has 0 aliphatic heterocycles. The molecule has 0 aromatic heterocycles. The first-order chi connectivity index (χ1) is 10.0. The van der Waals surface area contributed by atoms with E-state index in [9.17, 15) is 18.9 Å². The van der Waals surface area contributed by atoms with Gasteiger partial charge in [0.1, 0.15) is 6.61 Å². The first kappa shape index (κ1) is 17.1. The zero-order chi connectivity index (χ0) is 15.7. The van der Waals surface area contributed by atoms with E-state index in [1.165, 1.54) is 18.2 Å². The van der Waals surface area contributed by atoms with Crippen molar-refractivity contribution in [2.24, 2.45) is 0 Å². The Morgan fingerprint density at radius 3 is 2.76 bits per heavy atom. The van der Waals surface area contributed by atoms with Crippen LogP contribution < -0.4 is 10.1 Å². The zero-order valence-electron chi connectivity index (χ0n) is 11.7. The third-order valence-corrected chi connectivity index (χ3v) is 2.44. The summed E-state index contributed by atoms with van der Waals surface area (Å²) in [6.07, 6.45) is -1.76.